The van der Waals surface area contributed by atoms with E-state index in [1.54, 1.807) is 0 Å². The molecule has 0 saturated carbocycles. The van der Waals surface area contributed by atoms with Gasteiger partial charge < -0.3 is 10.1 Å². The predicted molar refractivity (Wildman–Crippen MR) is 76.4 cm³/mol. The van der Waals surface area contributed by atoms with Crippen molar-refractivity contribution in [2.45, 2.75) is 6.61 Å². The van der Waals surface area contributed by atoms with Crippen LogP contribution in [0, 0.1) is 0 Å². The average molecular weight is 336 g/mol. The molecule has 0 saturated heterocycles. The Balaban J connectivity index is 2.08. The largest absolute Gasteiger partial charge is 0.375 e. The second kappa shape index (κ2) is 7.89. The second-order valence-electron chi connectivity index (χ2n) is 4.02. The van der Waals surface area contributed by atoms with Crippen LogP contribution in [0.2, 0.25) is 0 Å². The van der Waals surface area contributed by atoms with Crippen molar-refractivity contribution >= 4 is 25.8 Å². The number of benzene rings is 1. The van der Waals surface area contributed by atoms with E-state index < -0.39 is 9.84 Å². The highest BCUT2D eigenvalue weighted by molar-refractivity contribution is 9.10. The van der Waals surface area contributed by atoms with E-state index in [2.05, 4.69) is 21.2 Å². The highest BCUT2D eigenvalue weighted by Gasteiger charge is 2.01. The molecular formula is C12H18BrNO3S. The Morgan fingerprint density at radius 1 is 1.28 bits per heavy atom. The molecule has 0 aromatic heterocycles. The lowest BCUT2D eigenvalue weighted by atomic mass is 10.2. The van der Waals surface area contributed by atoms with Gasteiger partial charge in [-0.2, -0.15) is 0 Å². The number of sulfone groups is 1. The normalized spacial score (nSPS) is 11.7. The Morgan fingerprint density at radius 2 is 2.00 bits per heavy atom. The molecular weight excluding hydrogens is 318 g/mol. The third-order valence-electron chi connectivity index (χ3n) is 2.29. The topological polar surface area (TPSA) is 55.4 Å². The Morgan fingerprint density at radius 3 is 2.67 bits per heavy atom. The van der Waals surface area contributed by atoms with Gasteiger partial charge in [0, 0.05) is 23.8 Å². The average Bonchev–Trinajstić information content (AvgIpc) is 2.28. The standard InChI is InChI=1S/C12H18BrNO3S/c1-18(15,16)9-7-14-6-8-17-10-11-4-2-3-5-12(11)13/h2-5,14H,6-10H2,1H3. The summed E-state index contributed by atoms with van der Waals surface area (Å²) in [5.74, 6) is 0.164. The van der Waals surface area contributed by atoms with Crippen LogP contribution in [-0.2, 0) is 21.2 Å². The molecule has 0 aliphatic heterocycles. The zero-order valence-electron chi connectivity index (χ0n) is 10.4. The summed E-state index contributed by atoms with van der Waals surface area (Å²) in [5, 5.41) is 3.03. The van der Waals surface area contributed by atoms with Crippen molar-refractivity contribution in [3.05, 3.63) is 34.3 Å². The van der Waals surface area contributed by atoms with Crippen LogP contribution in [0.3, 0.4) is 0 Å². The van der Waals surface area contributed by atoms with Gasteiger partial charge in [0.2, 0.25) is 0 Å². The Labute approximate surface area is 117 Å². The number of rotatable bonds is 8. The summed E-state index contributed by atoms with van der Waals surface area (Å²) in [6, 6.07) is 7.90. The first-order valence-electron chi connectivity index (χ1n) is 5.68. The maximum absolute atomic E-state index is 10.9. The van der Waals surface area contributed by atoms with Crippen molar-refractivity contribution < 1.29 is 13.2 Å². The maximum Gasteiger partial charge on any atom is 0.148 e. The lowest BCUT2D eigenvalue weighted by Gasteiger charge is -2.07. The molecule has 0 bridgehead atoms. The van der Waals surface area contributed by atoms with Gasteiger partial charge in [0.05, 0.1) is 19.0 Å². The molecule has 1 aromatic carbocycles. The second-order valence-corrected chi connectivity index (χ2v) is 7.14. The van der Waals surface area contributed by atoms with E-state index in [9.17, 15) is 8.42 Å². The summed E-state index contributed by atoms with van der Waals surface area (Å²) in [6.07, 6.45) is 1.23. The Hall–Kier alpha value is -0.430. The van der Waals surface area contributed by atoms with Gasteiger partial charge in [0.1, 0.15) is 9.84 Å². The number of nitrogens with one attached hydrogen (secondary N) is 1. The third-order valence-corrected chi connectivity index (χ3v) is 4.01. The predicted octanol–water partition coefficient (Wildman–Crippen LogP) is 1.60. The first-order chi connectivity index (χ1) is 8.49. The minimum atomic E-state index is -2.87. The van der Waals surface area contributed by atoms with Gasteiger partial charge in [-0.3, -0.25) is 0 Å². The van der Waals surface area contributed by atoms with Gasteiger partial charge in [0.25, 0.3) is 0 Å². The highest BCUT2D eigenvalue weighted by Crippen LogP contribution is 2.16. The van der Waals surface area contributed by atoms with Gasteiger partial charge in [-0.1, -0.05) is 34.1 Å². The number of halogens is 1. The molecule has 0 aliphatic carbocycles. The van der Waals surface area contributed by atoms with Crippen molar-refractivity contribution in [2.24, 2.45) is 0 Å². The fourth-order valence-electron chi connectivity index (χ4n) is 1.32. The van der Waals surface area contributed by atoms with E-state index in [-0.39, 0.29) is 5.75 Å². The van der Waals surface area contributed by atoms with Crippen LogP contribution in [-0.4, -0.2) is 40.1 Å². The van der Waals surface area contributed by atoms with Crippen LogP contribution in [0.5, 0.6) is 0 Å². The summed E-state index contributed by atoms with van der Waals surface area (Å²) < 4.78 is 28.3. The van der Waals surface area contributed by atoms with Crippen LogP contribution in [0.25, 0.3) is 0 Å². The molecule has 4 nitrogen and oxygen atoms in total. The molecule has 0 unspecified atom stereocenters. The summed E-state index contributed by atoms with van der Waals surface area (Å²) in [5.41, 5.74) is 1.11. The van der Waals surface area contributed by atoms with Crippen molar-refractivity contribution in [1.82, 2.24) is 5.32 Å². The molecule has 0 aliphatic rings. The van der Waals surface area contributed by atoms with Gasteiger partial charge in [-0.05, 0) is 11.6 Å². The number of hydrogen-bond acceptors (Lipinski definition) is 4. The van der Waals surface area contributed by atoms with Crippen LogP contribution < -0.4 is 5.32 Å². The molecule has 1 rings (SSSR count). The van der Waals surface area contributed by atoms with E-state index in [0.717, 1.165) is 10.0 Å². The molecule has 102 valence electrons. The molecule has 18 heavy (non-hydrogen) atoms. The minimum absolute atomic E-state index is 0.164. The molecule has 0 amide bonds. The molecule has 0 heterocycles. The highest BCUT2D eigenvalue weighted by atomic mass is 79.9. The lowest BCUT2D eigenvalue weighted by molar-refractivity contribution is 0.122. The molecule has 6 heteroatoms. The van der Waals surface area contributed by atoms with Gasteiger partial charge >= 0.3 is 0 Å². The van der Waals surface area contributed by atoms with Crippen LogP contribution in [0.1, 0.15) is 5.56 Å². The van der Waals surface area contributed by atoms with Gasteiger partial charge in [0.15, 0.2) is 0 Å². The summed E-state index contributed by atoms with van der Waals surface area (Å²) in [6.45, 7) is 2.23. The SMILES string of the molecule is CS(=O)(=O)CCNCCOCc1ccccc1Br. The Kier molecular flexibility index (Phi) is 6.85. The fraction of sp³-hybridized carbons (Fsp3) is 0.500. The van der Waals surface area contributed by atoms with E-state index in [0.29, 0.717) is 26.3 Å². The lowest BCUT2D eigenvalue weighted by Crippen LogP contribution is -2.25. The van der Waals surface area contributed by atoms with Crippen molar-refractivity contribution in [1.29, 1.82) is 0 Å². The van der Waals surface area contributed by atoms with E-state index in [4.69, 9.17) is 4.74 Å². The zero-order valence-corrected chi connectivity index (χ0v) is 12.8. The van der Waals surface area contributed by atoms with Gasteiger partial charge in [-0.25, -0.2) is 8.42 Å². The van der Waals surface area contributed by atoms with Crippen LogP contribution in [0.4, 0.5) is 0 Å². The van der Waals surface area contributed by atoms with Crippen LogP contribution in [0.15, 0.2) is 28.7 Å². The third kappa shape index (κ3) is 7.10. The molecule has 1 N–H and O–H groups in total. The van der Waals surface area contributed by atoms with Crippen molar-refractivity contribution in [3.8, 4) is 0 Å². The number of hydrogen-bond donors (Lipinski definition) is 1. The molecule has 0 spiro atoms. The van der Waals surface area contributed by atoms with E-state index in [1.165, 1.54) is 6.26 Å². The zero-order chi connectivity index (χ0) is 13.4. The molecule has 0 atom stereocenters. The van der Waals surface area contributed by atoms with Gasteiger partial charge in [-0.15, -0.1) is 0 Å². The molecule has 0 radical (unpaired) electrons. The van der Waals surface area contributed by atoms with E-state index >= 15 is 0 Å². The summed E-state index contributed by atoms with van der Waals surface area (Å²) in [4.78, 5) is 0. The van der Waals surface area contributed by atoms with E-state index in [1.807, 2.05) is 24.3 Å². The van der Waals surface area contributed by atoms with Crippen LogP contribution >= 0.6 is 15.9 Å². The molecule has 0 fully saturated rings. The quantitative estimate of drug-likeness (QED) is 0.733. The minimum Gasteiger partial charge on any atom is -0.375 e. The fourth-order valence-corrected chi connectivity index (χ4v) is 2.24. The number of ether oxygens (including phenoxy) is 1. The Bertz CT molecular complexity index is 462. The summed E-state index contributed by atoms with van der Waals surface area (Å²) >= 11 is 3.45. The van der Waals surface area contributed by atoms with Crippen molar-refractivity contribution in [3.63, 3.8) is 0 Å². The molecule has 1 aromatic rings. The maximum atomic E-state index is 10.9. The first-order valence-corrected chi connectivity index (χ1v) is 8.54. The smallest absolute Gasteiger partial charge is 0.148 e. The monoisotopic (exact) mass is 335 g/mol. The summed E-state index contributed by atoms with van der Waals surface area (Å²) in [7, 11) is -2.87. The van der Waals surface area contributed by atoms with Crippen molar-refractivity contribution in [2.75, 3.05) is 31.7 Å². The first kappa shape index (κ1) is 15.6.